The molecule has 1 aromatic carbocycles. The molecule has 29 heavy (non-hydrogen) atoms. The Morgan fingerprint density at radius 1 is 1.21 bits per heavy atom. The molecule has 1 atom stereocenters. The summed E-state index contributed by atoms with van der Waals surface area (Å²) in [6, 6.07) is 1.34. The van der Waals surface area contributed by atoms with Crippen LogP contribution < -0.4 is 20.3 Å². The van der Waals surface area contributed by atoms with Crippen molar-refractivity contribution >= 4 is 23.4 Å². The van der Waals surface area contributed by atoms with E-state index in [4.69, 9.17) is 4.74 Å². The molecule has 10 heteroatoms. The second-order valence-electron chi connectivity index (χ2n) is 7.36. The zero-order chi connectivity index (χ0) is 20.9. The summed E-state index contributed by atoms with van der Waals surface area (Å²) in [6.07, 6.45) is 0.893. The molecular formula is C19H20F3N5O2. The smallest absolute Gasteiger partial charge is 0.246 e. The third-order valence-corrected chi connectivity index (χ3v) is 5.30. The van der Waals surface area contributed by atoms with Gasteiger partial charge in [-0.25, -0.2) is 18.2 Å². The van der Waals surface area contributed by atoms with Crippen molar-refractivity contribution in [2.45, 2.75) is 44.9 Å². The van der Waals surface area contributed by atoms with E-state index in [0.717, 1.165) is 12.1 Å². The lowest BCUT2D eigenvalue weighted by atomic mass is 9.89. The highest BCUT2D eigenvalue weighted by Crippen LogP contribution is 2.34. The highest BCUT2D eigenvalue weighted by atomic mass is 19.2. The molecule has 1 aromatic heterocycles. The van der Waals surface area contributed by atoms with Crippen LogP contribution in [0.25, 0.3) is 0 Å². The first-order valence-electron chi connectivity index (χ1n) is 9.23. The minimum atomic E-state index is -1.51. The Bertz CT molecular complexity index is 958. The molecule has 0 unspecified atom stereocenters. The van der Waals surface area contributed by atoms with E-state index in [0.29, 0.717) is 36.0 Å². The molecule has 0 radical (unpaired) electrons. The summed E-state index contributed by atoms with van der Waals surface area (Å²) in [5.74, 6) is -3.16. The van der Waals surface area contributed by atoms with Gasteiger partial charge in [0.1, 0.15) is 23.6 Å². The second kappa shape index (κ2) is 7.09. The van der Waals surface area contributed by atoms with Gasteiger partial charge in [-0.3, -0.25) is 4.79 Å². The lowest BCUT2D eigenvalue weighted by Crippen LogP contribution is -2.45. The van der Waals surface area contributed by atoms with E-state index in [2.05, 4.69) is 20.6 Å². The van der Waals surface area contributed by atoms with E-state index < -0.39 is 17.5 Å². The van der Waals surface area contributed by atoms with E-state index in [9.17, 15) is 18.0 Å². The van der Waals surface area contributed by atoms with Gasteiger partial charge in [-0.05, 0) is 13.8 Å². The molecule has 1 amide bonds. The predicted molar refractivity (Wildman–Crippen MR) is 101 cm³/mol. The molecular weight excluding hydrogens is 387 g/mol. The monoisotopic (exact) mass is 407 g/mol. The van der Waals surface area contributed by atoms with Gasteiger partial charge in [-0.1, -0.05) is 0 Å². The Morgan fingerprint density at radius 3 is 2.52 bits per heavy atom. The fourth-order valence-corrected chi connectivity index (χ4v) is 3.37. The number of aryl methyl sites for hydroxylation is 1. The molecule has 2 heterocycles. The molecule has 0 saturated heterocycles. The molecule has 1 fully saturated rings. The van der Waals surface area contributed by atoms with Crippen LogP contribution in [0.2, 0.25) is 0 Å². The van der Waals surface area contributed by atoms with Crippen molar-refractivity contribution in [2.24, 2.45) is 0 Å². The van der Waals surface area contributed by atoms with Gasteiger partial charge in [-0.15, -0.1) is 0 Å². The lowest BCUT2D eigenvalue weighted by Gasteiger charge is -2.36. The molecule has 1 saturated carbocycles. The van der Waals surface area contributed by atoms with Crippen molar-refractivity contribution in [1.29, 1.82) is 0 Å². The number of aromatic nitrogens is 2. The van der Waals surface area contributed by atoms with Crippen molar-refractivity contribution < 1.29 is 22.7 Å². The molecule has 2 N–H and O–H groups in total. The summed E-state index contributed by atoms with van der Waals surface area (Å²) in [6.45, 7) is 3.58. The third-order valence-electron chi connectivity index (χ3n) is 5.30. The van der Waals surface area contributed by atoms with E-state index in [1.54, 1.807) is 25.8 Å². The average molecular weight is 407 g/mol. The van der Waals surface area contributed by atoms with Gasteiger partial charge in [0.2, 0.25) is 11.9 Å². The van der Waals surface area contributed by atoms with E-state index >= 15 is 0 Å². The maximum absolute atomic E-state index is 13.3. The van der Waals surface area contributed by atoms with Crippen LogP contribution in [-0.2, 0) is 4.79 Å². The Labute approximate surface area is 165 Å². The van der Waals surface area contributed by atoms with Gasteiger partial charge in [-0.2, -0.15) is 4.98 Å². The van der Waals surface area contributed by atoms with Crippen molar-refractivity contribution in [2.75, 3.05) is 22.6 Å². The topological polar surface area (TPSA) is 79.4 Å². The SMILES string of the molecule is Cc1nc(N[C@H]2C[C@H](Oc3cc(F)c(F)c(F)c3)C2)nc2c1NC(=O)[C@H](C)N2C. The van der Waals surface area contributed by atoms with Gasteiger partial charge in [0.25, 0.3) is 0 Å². The van der Waals surface area contributed by atoms with Gasteiger partial charge in [0, 0.05) is 38.1 Å². The maximum atomic E-state index is 13.3. The summed E-state index contributed by atoms with van der Waals surface area (Å²) < 4.78 is 45.1. The predicted octanol–water partition coefficient (Wildman–Crippen LogP) is 3.00. The maximum Gasteiger partial charge on any atom is 0.246 e. The van der Waals surface area contributed by atoms with Gasteiger partial charge in [0.05, 0.1) is 5.69 Å². The number of rotatable bonds is 4. The number of hydrogen-bond acceptors (Lipinski definition) is 6. The number of hydrogen-bond donors (Lipinski definition) is 2. The minimum absolute atomic E-state index is 0.0218. The number of nitrogens with zero attached hydrogens (tertiary/aromatic N) is 3. The van der Waals surface area contributed by atoms with Crippen LogP contribution in [0.15, 0.2) is 12.1 Å². The van der Waals surface area contributed by atoms with Crippen LogP contribution in [0.4, 0.5) is 30.6 Å². The van der Waals surface area contributed by atoms with Gasteiger partial charge in [0.15, 0.2) is 23.3 Å². The number of benzene rings is 1. The number of ether oxygens (including phenoxy) is 1. The number of carbonyl (C=O) groups is 1. The fourth-order valence-electron chi connectivity index (χ4n) is 3.37. The molecule has 154 valence electrons. The number of anilines is 3. The second-order valence-corrected chi connectivity index (χ2v) is 7.36. The first kappa shape index (κ1) is 19.3. The third kappa shape index (κ3) is 3.54. The quantitative estimate of drug-likeness (QED) is 0.759. The zero-order valence-electron chi connectivity index (χ0n) is 16.1. The first-order chi connectivity index (χ1) is 13.7. The van der Waals surface area contributed by atoms with Crippen LogP contribution in [0.5, 0.6) is 5.75 Å². The molecule has 0 spiro atoms. The molecule has 2 aromatic rings. The van der Waals surface area contributed by atoms with E-state index in [1.165, 1.54) is 0 Å². The van der Waals surface area contributed by atoms with Gasteiger partial charge < -0.3 is 20.3 Å². The van der Waals surface area contributed by atoms with E-state index in [1.807, 2.05) is 0 Å². The summed E-state index contributed by atoms with van der Waals surface area (Å²) in [5.41, 5.74) is 1.24. The highest BCUT2D eigenvalue weighted by molar-refractivity contribution is 6.03. The molecule has 7 nitrogen and oxygen atoms in total. The van der Waals surface area contributed by atoms with Crippen LogP contribution in [0, 0.1) is 24.4 Å². The Morgan fingerprint density at radius 2 is 1.86 bits per heavy atom. The number of halogens is 3. The number of nitrogens with one attached hydrogen (secondary N) is 2. The largest absolute Gasteiger partial charge is 0.490 e. The van der Waals surface area contributed by atoms with Crippen LogP contribution in [0.1, 0.15) is 25.5 Å². The summed E-state index contributed by atoms with van der Waals surface area (Å²) >= 11 is 0. The molecule has 4 rings (SSSR count). The Balaban J connectivity index is 1.40. The van der Waals surface area contributed by atoms with E-state index in [-0.39, 0.29) is 29.8 Å². The van der Waals surface area contributed by atoms with Crippen LogP contribution in [-0.4, -0.2) is 41.1 Å². The van der Waals surface area contributed by atoms with Crippen LogP contribution in [0.3, 0.4) is 0 Å². The van der Waals surface area contributed by atoms with Crippen molar-refractivity contribution in [3.63, 3.8) is 0 Å². The average Bonchev–Trinajstić information content (AvgIpc) is 2.63. The zero-order valence-corrected chi connectivity index (χ0v) is 16.1. The minimum Gasteiger partial charge on any atom is -0.490 e. The molecule has 2 aliphatic rings. The van der Waals surface area contributed by atoms with Crippen molar-refractivity contribution in [3.8, 4) is 5.75 Å². The van der Waals surface area contributed by atoms with Crippen molar-refractivity contribution in [3.05, 3.63) is 35.3 Å². The van der Waals surface area contributed by atoms with Crippen LogP contribution >= 0.6 is 0 Å². The Kier molecular flexibility index (Phi) is 4.71. The summed E-state index contributed by atoms with van der Waals surface area (Å²) in [5, 5.41) is 6.04. The Hall–Kier alpha value is -3.04. The number of amides is 1. The number of carbonyl (C=O) groups excluding carboxylic acids is 1. The number of likely N-dealkylation sites (N-methyl/N-ethyl adjacent to an activating group) is 1. The lowest BCUT2D eigenvalue weighted by molar-refractivity contribution is -0.117. The molecule has 1 aliphatic carbocycles. The van der Waals surface area contributed by atoms with Crippen molar-refractivity contribution in [1.82, 2.24) is 9.97 Å². The summed E-state index contributed by atoms with van der Waals surface area (Å²) in [4.78, 5) is 22.7. The highest BCUT2D eigenvalue weighted by Gasteiger charge is 2.34. The fraction of sp³-hybridized carbons (Fsp3) is 0.421. The normalized spacial score (nSPS) is 23.2. The molecule has 1 aliphatic heterocycles. The molecule has 0 bridgehead atoms. The standard InChI is InChI=1S/C19H20F3N5O2/c1-8-16-17(27(3)9(2)18(28)25-16)26-19(23-8)24-10-4-11(5-10)29-12-6-13(20)15(22)14(21)7-12/h6-7,9-11H,4-5H2,1-3H3,(H,25,28)(H,23,24,26)/t9-,10-,11-/m0/s1. The van der Waals surface area contributed by atoms with Gasteiger partial charge >= 0.3 is 0 Å². The summed E-state index contributed by atoms with van der Waals surface area (Å²) in [7, 11) is 1.80. The first-order valence-corrected chi connectivity index (χ1v) is 9.23. The number of fused-ring (bicyclic) bond motifs is 1.